The smallest absolute Gasteiger partial charge is 0.250 e. The molecule has 5 rings (SSSR count). The second-order valence-electron chi connectivity index (χ2n) is 8.50. The van der Waals surface area contributed by atoms with Gasteiger partial charge in [0.25, 0.3) is 0 Å². The molecular weight excluding hydrogens is 433 g/mol. The minimum atomic E-state index is -0.252. The van der Waals surface area contributed by atoms with Crippen molar-refractivity contribution in [3.63, 3.8) is 0 Å². The Hall–Kier alpha value is -3.75. The third-order valence-electron chi connectivity index (χ3n) is 5.97. The van der Waals surface area contributed by atoms with Gasteiger partial charge in [-0.05, 0) is 73.2 Å². The number of hydrogen-bond donors (Lipinski definition) is 1. The van der Waals surface area contributed by atoms with Crippen LogP contribution in [-0.4, -0.2) is 47.3 Å². The molecule has 0 aliphatic carbocycles. The minimum absolute atomic E-state index is 0.252. The maximum atomic E-state index is 13.0. The van der Waals surface area contributed by atoms with E-state index in [9.17, 15) is 4.39 Å². The van der Waals surface area contributed by atoms with Crippen LogP contribution < -0.4 is 20.0 Å². The molecule has 0 amide bonds. The Morgan fingerprint density at radius 3 is 2.00 bits per heavy atom. The van der Waals surface area contributed by atoms with Crippen molar-refractivity contribution in [3.05, 3.63) is 65.5 Å². The molecule has 2 aliphatic rings. The molecule has 2 aromatic carbocycles. The van der Waals surface area contributed by atoms with E-state index in [1.54, 1.807) is 18.3 Å². The van der Waals surface area contributed by atoms with Crippen LogP contribution in [0.25, 0.3) is 0 Å². The van der Waals surface area contributed by atoms with Crippen LogP contribution in [0.4, 0.5) is 22.2 Å². The van der Waals surface area contributed by atoms with Gasteiger partial charge in [-0.15, -0.1) is 0 Å². The van der Waals surface area contributed by atoms with Gasteiger partial charge in [0.1, 0.15) is 18.2 Å². The predicted octanol–water partition coefficient (Wildman–Crippen LogP) is 4.24. The highest BCUT2D eigenvalue weighted by molar-refractivity contribution is 5.80. The van der Waals surface area contributed by atoms with Gasteiger partial charge in [-0.2, -0.15) is 20.1 Å². The summed E-state index contributed by atoms with van der Waals surface area (Å²) in [5.41, 5.74) is 4.80. The number of hydrogen-bond acceptors (Lipinski definition) is 8. The van der Waals surface area contributed by atoms with Crippen LogP contribution in [-0.2, 0) is 6.61 Å². The maximum absolute atomic E-state index is 13.0. The molecule has 1 aromatic heterocycles. The first-order chi connectivity index (χ1) is 16.7. The predicted molar refractivity (Wildman–Crippen MR) is 131 cm³/mol. The fraction of sp³-hybridized carbons (Fsp3) is 0.360. The highest BCUT2D eigenvalue weighted by atomic mass is 19.1. The number of halogens is 1. The Morgan fingerprint density at radius 2 is 1.41 bits per heavy atom. The largest absolute Gasteiger partial charge is 0.489 e. The van der Waals surface area contributed by atoms with Crippen molar-refractivity contribution in [3.8, 4) is 5.75 Å². The summed E-state index contributed by atoms with van der Waals surface area (Å²) in [6.45, 7) is 4.28. The van der Waals surface area contributed by atoms with Crippen LogP contribution in [0.5, 0.6) is 5.75 Å². The van der Waals surface area contributed by atoms with E-state index in [2.05, 4.69) is 30.3 Å². The van der Waals surface area contributed by atoms with E-state index in [-0.39, 0.29) is 5.82 Å². The van der Waals surface area contributed by atoms with Gasteiger partial charge in [-0.3, -0.25) is 0 Å². The summed E-state index contributed by atoms with van der Waals surface area (Å²) in [7, 11) is 0. The average Bonchev–Trinajstić information content (AvgIpc) is 3.59. The van der Waals surface area contributed by atoms with Crippen LogP contribution >= 0.6 is 0 Å². The molecule has 1 N–H and O–H groups in total. The fourth-order valence-electron chi connectivity index (χ4n) is 4.08. The Kier molecular flexibility index (Phi) is 6.78. The van der Waals surface area contributed by atoms with Crippen LogP contribution in [0.15, 0.2) is 53.6 Å². The van der Waals surface area contributed by atoms with Crippen molar-refractivity contribution < 1.29 is 9.13 Å². The van der Waals surface area contributed by atoms with Crippen molar-refractivity contribution in [1.82, 2.24) is 15.0 Å². The van der Waals surface area contributed by atoms with Gasteiger partial charge in [-0.25, -0.2) is 9.82 Å². The molecule has 8 nitrogen and oxygen atoms in total. The molecule has 9 heteroatoms. The SMILES string of the molecule is Fc1ccc(COc2ccc(/C=N\Nc3nc(N4CCCC4)nc(N4CCCC4)n3)cc2)cc1. The van der Waals surface area contributed by atoms with Crippen molar-refractivity contribution in [2.45, 2.75) is 32.3 Å². The normalized spacial score (nSPS) is 15.9. The first-order valence-corrected chi connectivity index (χ1v) is 11.8. The van der Waals surface area contributed by atoms with Gasteiger partial charge >= 0.3 is 0 Å². The minimum Gasteiger partial charge on any atom is -0.489 e. The van der Waals surface area contributed by atoms with E-state index >= 15 is 0 Å². The van der Waals surface area contributed by atoms with E-state index in [1.807, 2.05) is 24.3 Å². The summed E-state index contributed by atoms with van der Waals surface area (Å²) in [5.74, 6) is 2.37. The Labute approximate surface area is 198 Å². The molecule has 0 radical (unpaired) electrons. The van der Waals surface area contributed by atoms with Gasteiger partial charge < -0.3 is 14.5 Å². The molecule has 0 atom stereocenters. The molecule has 3 heterocycles. The molecule has 2 saturated heterocycles. The van der Waals surface area contributed by atoms with E-state index in [0.717, 1.165) is 80.6 Å². The monoisotopic (exact) mass is 461 g/mol. The number of nitrogens with zero attached hydrogens (tertiary/aromatic N) is 6. The van der Waals surface area contributed by atoms with Crippen LogP contribution in [0.1, 0.15) is 36.8 Å². The second-order valence-corrected chi connectivity index (χ2v) is 8.50. The number of rotatable bonds is 8. The number of nitrogens with one attached hydrogen (secondary N) is 1. The maximum Gasteiger partial charge on any atom is 0.250 e. The topological polar surface area (TPSA) is 78.8 Å². The first kappa shape index (κ1) is 22.1. The average molecular weight is 462 g/mol. The van der Waals surface area contributed by atoms with Gasteiger partial charge in [0, 0.05) is 26.2 Å². The quantitative estimate of drug-likeness (QED) is 0.397. The lowest BCUT2D eigenvalue weighted by molar-refractivity contribution is 0.306. The third kappa shape index (κ3) is 5.59. The second kappa shape index (κ2) is 10.5. The highest BCUT2D eigenvalue weighted by Crippen LogP contribution is 2.23. The van der Waals surface area contributed by atoms with E-state index in [4.69, 9.17) is 9.72 Å². The summed E-state index contributed by atoms with van der Waals surface area (Å²) in [6.07, 6.45) is 6.37. The summed E-state index contributed by atoms with van der Waals surface area (Å²) < 4.78 is 18.8. The Balaban J connectivity index is 1.21. The molecule has 2 aliphatic heterocycles. The molecular formula is C25H28FN7O. The lowest BCUT2D eigenvalue weighted by Gasteiger charge is -2.20. The van der Waals surface area contributed by atoms with Crippen LogP contribution in [0.2, 0.25) is 0 Å². The third-order valence-corrected chi connectivity index (χ3v) is 5.97. The summed E-state index contributed by atoms with van der Waals surface area (Å²) in [4.78, 5) is 18.3. The number of aromatic nitrogens is 3. The number of anilines is 3. The summed E-state index contributed by atoms with van der Waals surface area (Å²) >= 11 is 0. The molecule has 34 heavy (non-hydrogen) atoms. The molecule has 0 saturated carbocycles. The van der Waals surface area contributed by atoms with Crippen molar-refractivity contribution in [2.24, 2.45) is 5.10 Å². The van der Waals surface area contributed by atoms with Crippen molar-refractivity contribution in [1.29, 1.82) is 0 Å². The molecule has 3 aromatic rings. The molecule has 0 unspecified atom stereocenters. The first-order valence-electron chi connectivity index (χ1n) is 11.8. The van der Waals surface area contributed by atoms with E-state index < -0.39 is 0 Å². The molecule has 0 bridgehead atoms. The Morgan fingerprint density at radius 1 is 0.824 bits per heavy atom. The molecule has 176 valence electrons. The zero-order chi connectivity index (χ0) is 23.2. The van der Waals surface area contributed by atoms with Gasteiger partial charge in [-0.1, -0.05) is 12.1 Å². The fourth-order valence-corrected chi connectivity index (χ4v) is 4.08. The summed E-state index contributed by atoms with van der Waals surface area (Å²) in [5, 5.41) is 4.34. The van der Waals surface area contributed by atoms with Crippen molar-refractivity contribution >= 4 is 24.1 Å². The number of hydrazone groups is 1. The van der Waals surface area contributed by atoms with Crippen molar-refractivity contribution in [2.75, 3.05) is 41.4 Å². The summed E-state index contributed by atoms with van der Waals surface area (Å²) in [6, 6.07) is 13.9. The lowest BCUT2D eigenvalue weighted by Crippen LogP contribution is -2.25. The lowest BCUT2D eigenvalue weighted by atomic mass is 10.2. The van der Waals surface area contributed by atoms with Gasteiger partial charge in [0.2, 0.25) is 17.8 Å². The van der Waals surface area contributed by atoms with Gasteiger partial charge in [0.15, 0.2) is 0 Å². The van der Waals surface area contributed by atoms with Crippen LogP contribution in [0, 0.1) is 5.82 Å². The highest BCUT2D eigenvalue weighted by Gasteiger charge is 2.21. The van der Waals surface area contributed by atoms with E-state index in [1.165, 1.54) is 12.1 Å². The zero-order valence-electron chi connectivity index (χ0n) is 19.0. The molecule has 2 fully saturated rings. The van der Waals surface area contributed by atoms with Crippen LogP contribution in [0.3, 0.4) is 0 Å². The zero-order valence-corrected chi connectivity index (χ0v) is 19.0. The Bertz CT molecular complexity index is 1070. The standard InChI is InChI=1S/C25H28FN7O/c26-21-9-5-20(6-10-21)18-34-22-11-7-19(8-12-22)17-27-31-23-28-24(32-13-1-2-14-32)30-25(29-23)33-15-3-4-16-33/h5-12,17H,1-4,13-16,18H2,(H,28,29,30,31)/b27-17-. The number of ether oxygens (including phenoxy) is 1. The molecule has 0 spiro atoms. The van der Waals surface area contributed by atoms with Gasteiger partial charge in [0.05, 0.1) is 6.21 Å². The van der Waals surface area contributed by atoms with E-state index in [0.29, 0.717) is 12.6 Å². The number of benzene rings is 2.